The fourth-order valence-electron chi connectivity index (χ4n) is 2.79. The van der Waals surface area contributed by atoms with E-state index in [0.29, 0.717) is 17.5 Å². The van der Waals surface area contributed by atoms with Crippen LogP contribution < -0.4 is 10.6 Å². The minimum absolute atomic E-state index is 0.200. The largest absolute Gasteiger partial charge is 0.346 e. The van der Waals surface area contributed by atoms with E-state index < -0.39 is 9.84 Å². The van der Waals surface area contributed by atoms with Gasteiger partial charge in [-0.3, -0.25) is 4.79 Å². The number of aromatic nitrogens is 1. The molecule has 3 rings (SSSR count). The Morgan fingerprint density at radius 3 is 2.64 bits per heavy atom. The number of fused-ring (bicyclic) bond motifs is 1. The van der Waals surface area contributed by atoms with Crippen LogP contribution in [0.25, 0.3) is 0 Å². The van der Waals surface area contributed by atoms with Crippen molar-refractivity contribution >= 4 is 27.1 Å². The summed E-state index contributed by atoms with van der Waals surface area (Å²) in [6.45, 7) is 5.35. The van der Waals surface area contributed by atoms with Gasteiger partial charge in [0.05, 0.1) is 16.6 Å². The van der Waals surface area contributed by atoms with Crippen LogP contribution in [0.2, 0.25) is 0 Å². The van der Waals surface area contributed by atoms with E-state index in [9.17, 15) is 13.2 Å². The lowest BCUT2D eigenvalue weighted by Gasteiger charge is -2.14. The molecule has 0 saturated heterocycles. The van der Waals surface area contributed by atoms with Gasteiger partial charge in [-0.05, 0) is 23.6 Å². The predicted molar refractivity (Wildman–Crippen MR) is 97.3 cm³/mol. The molecule has 1 amide bonds. The Kier molecular flexibility index (Phi) is 4.95. The SMILES string of the molecule is CC(C)[C@@H]1NCc2sc(C(=O)NCc3ccc(S(C)(=O)=O)cc3)nc21. The van der Waals surface area contributed by atoms with Crippen molar-refractivity contribution in [1.29, 1.82) is 0 Å². The average Bonchev–Trinajstić information content (AvgIpc) is 3.12. The van der Waals surface area contributed by atoms with Gasteiger partial charge in [0.2, 0.25) is 0 Å². The monoisotopic (exact) mass is 379 g/mol. The number of thiazole rings is 1. The van der Waals surface area contributed by atoms with Crippen LogP contribution in [0.3, 0.4) is 0 Å². The van der Waals surface area contributed by atoms with Crippen molar-refractivity contribution in [3.8, 4) is 0 Å². The molecule has 2 N–H and O–H groups in total. The molecule has 0 unspecified atom stereocenters. The van der Waals surface area contributed by atoms with Crippen LogP contribution in [0.1, 0.15) is 45.8 Å². The van der Waals surface area contributed by atoms with Gasteiger partial charge in [-0.25, -0.2) is 13.4 Å². The lowest BCUT2D eigenvalue weighted by molar-refractivity contribution is 0.0950. The number of amides is 1. The van der Waals surface area contributed by atoms with E-state index in [-0.39, 0.29) is 16.8 Å². The van der Waals surface area contributed by atoms with Crippen LogP contribution in [-0.2, 0) is 22.9 Å². The zero-order valence-corrected chi connectivity index (χ0v) is 16.0. The van der Waals surface area contributed by atoms with Gasteiger partial charge >= 0.3 is 0 Å². The molecule has 1 aliphatic heterocycles. The molecule has 6 nitrogen and oxygen atoms in total. The Labute approximate surface area is 151 Å². The first-order valence-electron chi connectivity index (χ1n) is 8.06. The molecule has 2 aromatic rings. The lowest BCUT2D eigenvalue weighted by Crippen LogP contribution is -2.24. The van der Waals surface area contributed by atoms with Gasteiger partial charge in [-0.1, -0.05) is 26.0 Å². The minimum atomic E-state index is -3.21. The molecule has 0 bridgehead atoms. The Morgan fingerprint density at radius 2 is 2.04 bits per heavy atom. The van der Waals surface area contributed by atoms with E-state index in [0.717, 1.165) is 22.7 Å². The Hall–Kier alpha value is -1.77. The standard InChI is InChI=1S/C17H21N3O3S2/c1-10(2)14-15-13(9-18-14)24-17(20-15)16(21)19-8-11-4-6-12(7-5-11)25(3,22)23/h4-7,10,14,18H,8-9H2,1-3H3,(H,19,21)/t14-/m0/s1. The van der Waals surface area contributed by atoms with Gasteiger partial charge in [-0.15, -0.1) is 11.3 Å². The van der Waals surface area contributed by atoms with Crippen molar-refractivity contribution in [2.75, 3.05) is 6.26 Å². The maximum absolute atomic E-state index is 12.3. The fraction of sp³-hybridized carbons (Fsp3) is 0.412. The number of nitrogens with one attached hydrogen (secondary N) is 2. The summed E-state index contributed by atoms with van der Waals surface area (Å²) < 4.78 is 22.9. The molecule has 0 aliphatic carbocycles. The highest BCUT2D eigenvalue weighted by molar-refractivity contribution is 7.90. The smallest absolute Gasteiger partial charge is 0.280 e. The van der Waals surface area contributed by atoms with E-state index >= 15 is 0 Å². The van der Waals surface area contributed by atoms with Crippen molar-refractivity contribution < 1.29 is 13.2 Å². The second-order valence-electron chi connectivity index (χ2n) is 6.53. The highest BCUT2D eigenvalue weighted by atomic mass is 32.2. The van der Waals surface area contributed by atoms with Crippen LogP contribution in [-0.4, -0.2) is 25.6 Å². The van der Waals surface area contributed by atoms with Crippen LogP contribution in [0.15, 0.2) is 29.2 Å². The maximum Gasteiger partial charge on any atom is 0.280 e. The summed E-state index contributed by atoms with van der Waals surface area (Å²) in [6.07, 6.45) is 1.17. The van der Waals surface area contributed by atoms with E-state index in [1.54, 1.807) is 24.3 Å². The van der Waals surface area contributed by atoms with Crippen LogP contribution >= 0.6 is 11.3 Å². The topological polar surface area (TPSA) is 88.2 Å². The highest BCUT2D eigenvalue weighted by Crippen LogP contribution is 2.33. The van der Waals surface area contributed by atoms with E-state index in [4.69, 9.17) is 0 Å². The molecule has 1 aliphatic rings. The summed E-state index contributed by atoms with van der Waals surface area (Å²) in [4.78, 5) is 18.3. The van der Waals surface area contributed by atoms with Crippen molar-refractivity contribution in [3.63, 3.8) is 0 Å². The molecule has 0 fully saturated rings. The van der Waals surface area contributed by atoms with E-state index in [1.807, 2.05) is 0 Å². The minimum Gasteiger partial charge on any atom is -0.346 e. The third-order valence-electron chi connectivity index (χ3n) is 4.17. The van der Waals surface area contributed by atoms with Gasteiger partial charge < -0.3 is 10.6 Å². The van der Waals surface area contributed by atoms with Crippen molar-refractivity contribution in [3.05, 3.63) is 45.4 Å². The predicted octanol–water partition coefficient (Wildman–Crippen LogP) is 2.28. The Bertz CT molecular complexity index is 886. The van der Waals surface area contributed by atoms with E-state index in [1.165, 1.54) is 17.6 Å². The van der Waals surface area contributed by atoms with Gasteiger partial charge in [0.25, 0.3) is 5.91 Å². The number of hydrogen-bond acceptors (Lipinski definition) is 6. The second-order valence-corrected chi connectivity index (χ2v) is 9.63. The number of sulfone groups is 1. The number of carbonyl (C=O) groups is 1. The normalized spacial score (nSPS) is 16.9. The third kappa shape index (κ3) is 3.91. The number of carbonyl (C=O) groups excluding carboxylic acids is 1. The maximum atomic E-state index is 12.3. The first kappa shape index (κ1) is 18.0. The van der Waals surface area contributed by atoms with Crippen LogP contribution in [0, 0.1) is 5.92 Å². The molecular weight excluding hydrogens is 358 g/mol. The first-order valence-corrected chi connectivity index (χ1v) is 10.8. The molecule has 2 heterocycles. The average molecular weight is 380 g/mol. The summed E-state index contributed by atoms with van der Waals surface area (Å²) in [7, 11) is -3.21. The summed E-state index contributed by atoms with van der Waals surface area (Å²) in [5.41, 5.74) is 1.83. The Balaban J connectivity index is 1.65. The first-order chi connectivity index (χ1) is 11.8. The molecule has 0 spiro atoms. The highest BCUT2D eigenvalue weighted by Gasteiger charge is 2.30. The number of rotatable bonds is 5. The van der Waals surface area contributed by atoms with Gasteiger partial charge in [0.1, 0.15) is 0 Å². The van der Waals surface area contributed by atoms with Crippen molar-refractivity contribution in [2.24, 2.45) is 5.92 Å². The van der Waals surface area contributed by atoms with Gasteiger partial charge in [0, 0.05) is 24.2 Å². The van der Waals surface area contributed by atoms with Gasteiger partial charge in [0.15, 0.2) is 14.8 Å². The van der Waals surface area contributed by atoms with Crippen LogP contribution in [0.5, 0.6) is 0 Å². The molecule has 1 aromatic carbocycles. The van der Waals surface area contributed by atoms with Crippen molar-refractivity contribution in [1.82, 2.24) is 15.6 Å². The van der Waals surface area contributed by atoms with Crippen LogP contribution in [0.4, 0.5) is 0 Å². The zero-order valence-electron chi connectivity index (χ0n) is 14.4. The van der Waals surface area contributed by atoms with Crippen molar-refractivity contribution in [2.45, 2.75) is 37.9 Å². The summed E-state index contributed by atoms with van der Waals surface area (Å²) in [5.74, 6) is 0.224. The summed E-state index contributed by atoms with van der Waals surface area (Å²) >= 11 is 1.43. The summed E-state index contributed by atoms with van der Waals surface area (Å²) in [6, 6.07) is 6.71. The third-order valence-corrected chi connectivity index (χ3v) is 6.37. The van der Waals surface area contributed by atoms with E-state index in [2.05, 4.69) is 29.5 Å². The molecular formula is C17H21N3O3S2. The lowest BCUT2D eigenvalue weighted by atomic mass is 10.0. The second kappa shape index (κ2) is 6.86. The molecule has 0 radical (unpaired) electrons. The molecule has 25 heavy (non-hydrogen) atoms. The molecule has 8 heteroatoms. The summed E-state index contributed by atoms with van der Waals surface area (Å²) in [5, 5.41) is 6.73. The quantitative estimate of drug-likeness (QED) is 0.832. The fourth-order valence-corrected chi connectivity index (χ4v) is 4.40. The number of nitrogens with zero attached hydrogens (tertiary/aromatic N) is 1. The Morgan fingerprint density at radius 1 is 1.36 bits per heavy atom. The zero-order chi connectivity index (χ0) is 18.2. The van der Waals surface area contributed by atoms with Gasteiger partial charge in [-0.2, -0.15) is 0 Å². The number of hydrogen-bond donors (Lipinski definition) is 2. The molecule has 1 atom stereocenters. The number of benzene rings is 1. The molecule has 134 valence electrons. The molecule has 1 aromatic heterocycles. The molecule has 0 saturated carbocycles.